The zero-order valence-electron chi connectivity index (χ0n) is 10.5. The van der Waals surface area contributed by atoms with E-state index in [-0.39, 0.29) is 0 Å². The minimum Gasteiger partial charge on any atom is -0.310 e. The lowest BCUT2D eigenvalue weighted by atomic mass is 9.83. The molecule has 1 saturated carbocycles. The second kappa shape index (κ2) is 7.05. The van der Waals surface area contributed by atoms with Crippen LogP contribution in [0.4, 0.5) is 0 Å². The van der Waals surface area contributed by atoms with Gasteiger partial charge >= 0.3 is 0 Å². The van der Waals surface area contributed by atoms with Gasteiger partial charge in [-0.1, -0.05) is 45.3 Å². The number of rotatable bonds is 6. The molecule has 1 atom stereocenters. The third-order valence-electron chi connectivity index (χ3n) is 3.77. The number of hydrogen-bond acceptors (Lipinski definition) is 1. The Hall–Kier alpha value is -0.300. The smallest absolute Gasteiger partial charge is 0.0164 e. The van der Waals surface area contributed by atoms with Crippen molar-refractivity contribution in [1.82, 2.24) is 5.32 Å². The Bertz CT molecular complexity index is 180. The highest BCUT2D eigenvalue weighted by molar-refractivity contribution is 4.96. The van der Waals surface area contributed by atoms with Crippen molar-refractivity contribution in [3.8, 4) is 0 Å². The zero-order valence-corrected chi connectivity index (χ0v) is 10.5. The Balaban J connectivity index is 2.30. The zero-order chi connectivity index (χ0) is 11.1. The Morgan fingerprint density at radius 1 is 1.27 bits per heavy atom. The van der Waals surface area contributed by atoms with E-state index in [9.17, 15) is 0 Å². The molecule has 0 saturated heterocycles. The average molecular weight is 209 g/mol. The fraction of sp³-hybridized carbons (Fsp3) is 0.857. The summed E-state index contributed by atoms with van der Waals surface area (Å²) in [5.74, 6) is 0.924. The molecule has 15 heavy (non-hydrogen) atoms. The molecule has 0 aromatic carbocycles. The van der Waals surface area contributed by atoms with Crippen LogP contribution in [-0.4, -0.2) is 12.6 Å². The molecule has 1 heteroatoms. The summed E-state index contributed by atoms with van der Waals surface area (Å²) in [7, 11) is 0. The topological polar surface area (TPSA) is 12.0 Å². The van der Waals surface area contributed by atoms with Gasteiger partial charge in [0.15, 0.2) is 0 Å². The van der Waals surface area contributed by atoms with Crippen LogP contribution >= 0.6 is 0 Å². The van der Waals surface area contributed by atoms with Gasteiger partial charge in [0.05, 0.1) is 0 Å². The van der Waals surface area contributed by atoms with Gasteiger partial charge in [0.1, 0.15) is 0 Å². The Kier molecular flexibility index (Phi) is 6.00. The van der Waals surface area contributed by atoms with Gasteiger partial charge in [0, 0.05) is 12.6 Å². The van der Waals surface area contributed by atoms with Crippen LogP contribution < -0.4 is 5.32 Å². The molecule has 1 rings (SSSR count). The lowest BCUT2D eigenvalue weighted by Crippen LogP contribution is -2.37. The van der Waals surface area contributed by atoms with Crippen molar-refractivity contribution >= 4 is 0 Å². The summed E-state index contributed by atoms with van der Waals surface area (Å²) in [6, 6.07) is 0.730. The molecular weight excluding hydrogens is 182 g/mol. The van der Waals surface area contributed by atoms with Crippen LogP contribution in [-0.2, 0) is 0 Å². The van der Waals surface area contributed by atoms with E-state index >= 15 is 0 Å². The van der Waals surface area contributed by atoms with Gasteiger partial charge < -0.3 is 5.32 Å². The Morgan fingerprint density at radius 2 is 1.93 bits per heavy atom. The van der Waals surface area contributed by atoms with Crippen molar-refractivity contribution < 1.29 is 0 Å². The Morgan fingerprint density at radius 3 is 2.47 bits per heavy atom. The van der Waals surface area contributed by atoms with Gasteiger partial charge in [-0.3, -0.25) is 0 Å². The van der Waals surface area contributed by atoms with E-state index < -0.39 is 0 Å². The van der Waals surface area contributed by atoms with Crippen LogP contribution in [0.1, 0.15) is 58.8 Å². The molecule has 0 aromatic rings. The maximum Gasteiger partial charge on any atom is 0.0164 e. The van der Waals surface area contributed by atoms with Crippen molar-refractivity contribution in [2.24, 2.45) is 5.92 Å². The van der Waals surface area contributed by atoms with Crippen LogP contribution in [0.25, 0.3) is 0 Å². The second-order valence-corrected chi connectivity index (χ2v) is 4.90. The van der Waals surface area contributed by atoms with Crippen LogP contribution in [0.15, 0.2) is 12.2 Å². The number of nitrogens with one attached hydrogen (secondary N) is 1. The maximum atomic E-state index is 4.06. The summed E-state index contributed by atoms with van der Waals surface area (Å²) >= 11 is 0. The molecule has 0 radical (unpaired) electrons. The van der Waals surface area contributed by atoms with Gasteiger partial charge in [0.2, 0.25) is 0 Å². The lowest BCUT2D eigenvalue weighted by Gasteiger charge is -2.30. The molecule has 1 nitrogen and oxygen atoms in total. The molecule has 0 aromatic heterocycles. The predicted molar refractivity (Wildman–Crippen MR) is 68.1 cm³/mol. The molecule has 1 aliphatic rings. The minimum absolute atomic E-state index is 0.730. The molecule has 1 aliphatic carbocycles. The normalized spacial score (nSPS) is 20.1. The quantitative estimate of drug-likeness (QED) is 0.654. The molecule has 1 fully saturated rings. The summed E-state index contributed by atoms with van der Waals surface area (Å²) in [6.07, 6.45) is 9.58. The van der Waals surface area contributed by atoms with Crippen LogP contribution in [0, 0.1) is 5.92 Å². The Labute approximate surface area is 95.3 Å². The maximum absolute atomic E-state index is 4.06. The summed E-state index contributed by atoms with van der Waals surface area (Å²) in [5.41, 5.74) is 1.34. The fourth-order valence-corrected chi connectivity index (χ4v) is 2.58. The molecule has 1 N–H and O–H groups in total. The highest BCUT2D eigenvalue weighted by Gasteiger charge is 2.21. The monoisotopic (exact) mass is 209 g/mol. The largest absolute Gasteiger partial charge is 0.310 e. The third-order valence-corrected chi connectivity index (χ3v) is 3.77. The van der Waals surface area contributed by atoms with E-state index in [1.807, 2.05) is 0 Å². The van der Waals surface area contributed by atoms with Crippen molar-refractivity contribution in [3.05, 3.63) is 12.2 Å². The third kappa shape index (κ3) is 4.38. The van der Waals surface area contributed by atoms with Gasteiger partial charge in [-0.2, -0.15) is 0 Å². The van der Waals surface area contributed by atoms with Crippen molar-refractivity contribution in [2.45, 2.75) is 64.8 Å². The highest BCUT2D eigenvalue weighted by Crippen LogP contribution is 2.27. The predicted octanol–water partition coefficient (Wildman–Crippen LogP) is 3.90. The molecule has 0 heterocycles. The SMILES string of the molecule is C=C(CC)CNC(CC)C1CCCCC1. The van der Waals surface area contributed by atoms with E-state index in [4.69, 9.17) is 0 Å². The lowest BCUT2D eigenvalue weighted by molar-refractivity contribution is 0.267. The standard InChI is InChI=1S/C14H27N/c1-4-12(3)11-15-14(5-2)13-9-7-6-8-10-13/h13-15H,3-11H2,1-2H3. The van der Waals surface area contributed by atoms with E-state index in [0.717, 1.165) is 24.9 Å². The van der Waals surface area contributed by atoms with Crippen LogP contribution in [0.3, 0.4) is 0 Å². The van der Waals surface area contributed by atoms with Crippen LogP contribution in [0.2, 0.25) is 0 Å². The van der Waals surface area contributed by atoms with Gasteiger partial charge in [-0.05, 0) is 31.6 Å². The summed E-state index contributed by atoms with van der Waals surface area (Å²) in [4.78, 5) is 0. The molecule has 0 spiro atoms. The first-order valence-electron chi connectivity index (χ1n) is 6.68. The van der Waals surface area contributed by atoms with Crippen LogP contribution in [0.5, 0.6) is 0 Å². The number of hydrogen-bond donors (Lipinski definition) is 1. The van der Waals surface area contributed by atoms with Crippen molar-refractivity contribution in [2.75, 3.05) is 6.54 Å². The van der Waals surface area contributed by atoms with Gasteiger partial charge in [-0.15, -0.1) is 0 Å². The molecule has 1 unspecified atom stereocenters. The first-order valence-corrected chi connectivity index (χ1v) is 6.68. The van der Waals surface area contributed by atoms with E-state index in [0.29, 0.717) is 0 Å². The molecule has 0 amide bonds. The molecule has 88 valence electrons. The van der Waals surface area contributed by atoms with Crippen molar-refractivity contribution in [3.63, 3.8) is 0 Å². The van der Waals surface area contributed by atoms with Crippen molar-refractivity contribution in [1.29, 1.82) is 0 Å². The first kappa shape index (κ1) is 12.8. The molecule has 0 bridgehead atoms. The van der Waals surface area contributed by atoms with E-state index in [2.05, 4.69) is 25.7 Å². The van der Waals surface area contributed by atoms with E-state index in [1.165, 1.54) is 44.1 Å². The summed E-state index contributed by atoms with van der Waals surface area (Å²) < 4.78 is 0. The summed E-state index contributed by atoms with van der Waals surface area (Å²) in [5, 5.41) is 3.69. The molecular formula is C14H27N. The average Bonchev–Trinajstić information content (AvgIpc) is 2.31. The highest BCUT2D eigenvalue weighted by atomic mass is 14.9. The van der Waals surface area contributed by atoms with Gasteiger partial charge in [-0.25, -0.2) is 0 Å². The summed E-state index contributed by atoms with van der Waals surface area (Å²) in [6.45, 7) is 9.57. The second-order valence-electron chi connectivity index (χ2n) is 4.90. The minimum atomic E-state index is 0.730. The molecule has 0 aliphatic heterocycles. The van der Waals surface area contributed by atoms with Gasteiger partial charge in [0.25, 0.3) is 0 Å². The fourth-order valence-electron chi connectivity index (χ4n) is 2.58. The first-order chi connectivity index (χ1) is 7.27. The van der Waals surface area contributed by atoms with E-state index in [1.54, 1.807) is 0 Å².